The minimum absolute atomic E-state index is 0.00342. The molecule has 0 aromatic heterocycles. The first-order valence-corrected chi connectivity index (χ1v) is 9.40. The summed E-state index contributed by atoms with van der Waals surface area (Å²) in [5.41, 5.74) is 2.87. The predicted octanol–water partition coefficient (Wildman–Crippen LogP) is 4.31. The van der Waals surface area contributed by atoms with Gasteiger partial charge in [-0.15, -0.1) is 5.10 Å². The number of thioether (sulfide) groups is 1. The topological polar surface area (TPSA) is 97.0 Å². The van der Waals surface area contributed by atoms with Crippen molar-refractivity contribution in [1.29, 1.82) is 0 Å². The Morgan fingerprint density at radius 1 is 1.07 bits per heavy atom. The molecule has 1 saturated heterocycles. The number of carbonyl (C=O) groups excluding carboxylic acids is 1. The number of nitro groups is 1. The van der Waals surface area contributed by atoms with Gasteiger partial charge in [0.05, 0.1) is 16.0 Å². The van der Waals surface area contributed by atoms with E-state index < -0.39 is 4.92 Å². The number of hydrogen-bond donors (Lipinski definition) is 1. The van der Waals surface area contributed by atoms with E-state index >= 15 is 0 Å². The van der Waals surface area contributed by atoms with Crippen LogP contribution in [0.25, 0.3) is 6.08 Å². The molecule has 0 saturated carbocycles. The van der Waals surface area contributed by atoms with Crippen molar-refractivity contribution in [3.05, 3.63) is 80.2 Å². The molecule has 28 heavy (non-hydrogen) atoms. The third-order valence-corrected chi connectivity index (χ3v) is 4.91. The number of non-ortho nitro benzene ring substituents is 1. The second kappa shape index (κ2) is 8.62. The molecule has 8 heteroatoms. The van der Waals surface area contributed by atoms with Crippen LogP contribution in [-0.4, -0.2) is 22.2 Å². The molecule has 1 heterocycles. The van der Waals surface area contributed by atoms with Crippen molar-refractivity contribution >= 4 is 40.8 Å². The number of amides is 1. The number of nitro benzene ring substituents is 1. The van der Waals surface area contributed by atoms with Crippen molar-refractivity contribution in [3.63, 3.8) is 0 Å². The number of benzene rings is 2. The lowest BCUT2D eigenvalue weighted by Gasteiger charge is -2.03. The highest BCUT2D eigenvalue weighted by Gasteiger charge is 2.23. The molecule has 0 aliphatic carbocycles. The molecule has 1 amide bonds. The summed E-state index contributed by atoms with van der Waals surface area (Å²) < 4.78 is 0. The zero-order valence-electron chi connectivity index (χ0n) is 15.3. The summed E-state index contributed by atoms with van der Waals surface area (Å²) >= 11 is 1.17. The molecule has 1 aliphatic rings. The van der Waals surface area contributed by atoms with Crippen LogP contribution in [0.1, 0.15) is 36.5 Å². The molecular weight excluding hydrogens is 376 g/mol. The Hall–Kier alpha value is -3.26. The lowest BCUT2D eigenvalue weighted by Crippen LogP contribution is -2.19. The van der Waals surface area contributed by atoms with Gasteiger partial charge in [0.1, 0.15) is 0 Å². The largest absolute Gasteiger partial charge is 0.299 e. The van der Waals surface area contributed by atoms with Crippen molar-refractivity contribution < 1.29 is 9.72 Å². The van der Waals surface area contributed by atoms with E-state index in [1.807, 2.05) is 12.1 Å². The SMILES string of the molecule is CC(C)c1ccc(C=N/N=C2\NC(=O)C(=Cc3ccc([N+](=O)[O-])cc3)S2)cc1. The van der Waals surface area contributed by atoms with Gasteiger partial charge in [0.15, 0.2) is 5.17 Å². The number of carbonyl (C=O) groups is 1. The molecule has 0 spiro atoms. The fraction of sp³-hybridized carbons (Fsp3) is 0.150. The maximum atomic E-state index is 12.1. The van der Waals surface area contributed by atoms with E-state index in [1.54, 1.807) is 24.4 Å². The molecule has 7 nitrogen and oxygen atoms in total. The molecule has 3 rings (SSSR count). The summed E-state index contributed by atoms with van der Waals surface area (Å²) in [7, 11) is 0. The van der Waals surface area contributed by atoms with Gasteiger partial charge in [-0.05, 0) is 52.6 Å². The van der Waals surface area contributed by atoms with Gasteiger partial charge in [0.2, 0.25) is 0 Å². The number of nitrogens with zero attached hydrogens (tertiary/aromatic N) is 3. The van der Waals surface area contributed by atoms with E-state index in [0.29, 0.717) is 21.6 Å². The summed E-state index contributed by atoms with van der Waals surface area (Å²) in [5.74, 6) is 0.191. The van der Waals surface area contributed by atoms with Crippen LogP contribution in [0.2, 0.25) is 0 Å². The minimum Gasteiger partial charge on any atom is -0.299 e. The number of nitrogens with one attached hydrogen (secondary N) is 1. The number of amidine groups is 1. The molecular formula is C20H18N4O3S. The average molecular weight is 394 g/mol. The van der Waals surface area contributed by atoms with E-state index in [4.69, 9.17) is 0 Å². The molecule has 0 bridgehead atoms. The van der Waals surface area contributed by atoms with Gasteiger partial charge >= 0.3 is 0 Å². The van der Waals surface area contributed by atoms with Gasteiger partial charge in [-0.1, -0.05) is 38.1 Å². The Bertz CT molecular complexity index is 978. The quantitative estimate of drug-likeness (QED) is 0.354. The van der Waals surface area contributed by atoms with E-state index in [-0.39, 0.29) is 11.6 Å². The van der Waals surface area contributed by atoms with Crippen molar-refractivity contribution in [2.45, 2.75) is 19.8 Å². The zero-order valence-corrected chi connectivity index (χ0v) is 16.1. The highest BCUT2D eigenvalue weighted by atomic mass is 32.2. The third-order valence-electron chi connectivity index (χ3n) is 4.01. The normalized spacial score (nSPS) is 17.0. The van der Waals surface area contributed by atoms with Crippen molar-refractivity contribution in [2.75, 3.05) is 0 Å². The number of hydrogen-bond acceptors (Lipinski definition) is 6. The van der Waals surface area contributed by atoms with E-state index in [1.165, 1.54) is 29.5 Å². The molecule has 1 fully saturated rings. The summed E-state index contributed by atoms with van der Waals surface area (Å²) in [5, 5.41) is 21.8. The second-order valence-electron chi connectivity index (χ2n) is 6.38. The van der Waals surface area contributed by atoms with E-state index in [9.17, 15) is 14.9 Å². The fourth-order valence-corrected chi connectivity index (χ4v) is 3.21. The molecule has 0 radical (unpaired) electrons. The Morgan fingerprint density at radius 2 is 1.71 bits per heavy atom. The molecule has 1 N–H and O–H groups in total. The predicted molar refractivity (Wildman–Crippen MR) is 112 cm³/mol. The summed E-state index contributed by atoms with van der Waals surface area (Å²) in [6, 6.07) is 14.0. The Morgan fingerprint density at radius 3 is 2.32 bits per heavy atom. The molecule has 1 aliphatic heterocycles. The highest BCUT2D eigenvalue weighted by Crippen LogP contribution is 2.26. The van der Waals surface area contributed by atoms with Crippen LogP contribution in [0.15, 0.2) is 63.6 Å². The van der Waals surface area contributed by atoms with Crippen LogP contribution < -0.4 is 5.32 Å². The van der Waals surface area contributed by atoms with Crippen molar-refractivity contribution in [1.82, 2.24) is 5.32 Å². The van der Waals surface area contributed by atoms with Gasteiger partial charge < -0.3 is 0 Å². The van der Waals surface area contributed by atoms with Gasteiger partial charge in [-0.25, -0.2) is 0 Å². The fourth-order valence-electron chi connectivity index (χ4n) is 2.43. The van der Waals surface area contributed by atoms with Crippen molar-refractivity contribution in [3.8, 4) is 0 Å². The zero-order chi connectivity index (χ0) is 20.1. The smallest absolute Gasteiger partial charge is 0.269 e. The summed E-state index contributed by atoms with van der Waals surface area (Å²) in [6.07, 6.45) is 3.28. The minimum atomic E-state index is -0.465. The van der Waals surface area contributed by atoms with E-state index in [2.05, 4.69) is 41.5 Å². The maximum absolute atomic E-state index is 12.1. The Kier molecular flexibility index (Phi) is 6.00. The van der Waals surface area contributed by atoms with Gasteiger partial charge in [0.25, 0.3) is 11.6 Å². The molecule has 0 atom stereocenters. The third kappa shape index (κ3) is 4.92. The van der Waals surface area contributed by atoms with Crippen LogP contribution in [-0.2, 0) is 4.79 Å². The molecule has 0 unspecified atom stereocenters. The first-order chi connectivity index (χ1) is 13.4. The first kappa shape index (κ1) is 19.5. The van der Waals surface area contributed by atoms with Crippen LogP contribution >= 0.6 is 11.8 Å². The van der Waals surface area contributed by atoms with Crippen molar-refractivity contribution in [2.24, 2.45) is 10.2 Å². The molecule has 142 valence electrons. The monoisotopic (exact) mass is 394 g/mol. The van der Waals surface area contributed by atoms with Crippen LogP contribution in [0, 0.1) is 10.1 Å². The summed E-state index contributed by atoms with van der Waals surface area (Å²) in [6.45, 7) is 4.27. The second-order valence-corrected chi connectivity index (χ2v) is 7.42. The first-order valence-electron chi connectivity index (χ1n) is 8.59. The standard InChI is InChI=1S/C20H18N4O3S/c1-13(2)16-7-3-15(4-8-16)12-21-23-20-22-19(25)18(28-20)11-14-5-9-17(10-6-14)24(26)27/h3-13H,1-2H3,(H,22,23,25). The van der Waals surface area contributed by atoms with Gasteiger partial charge in [0, 0.05) is 12.1 Å². The van der Waals surface area contributed by atoms with Gasteiger partial charge in [-0.3, -0.25) is 20.2 Å². The van der Waals surface area contributed by atoms with Gasteiger partial charge in [-0.2, -0.15) is 5.10 Å². The van der Waals surface area contributed by atoms with Crippen LogP contribution in [0.5, 0.6) is 0 Å². The van der Waals surface area contributed by atoms with Crippen LogP contribution in [0.3, 0.4) is 0 Å². The lowest BCUT2D eigenvalue weighted by molar-refractivity contribution is -0.384. The maximum Gasteiger partial charge on any atom is 0.269 e. The Labute approximate surface area is 166 Å². The highest BCUT2D eigenvalue weighted by molar-refractivity contribution is 8.18. The van der Waals surface area contributed by atoms with E-state index in [0.717, 1.165) is 5.56 Å². The summed E-state index contributed by atoms with van der Waals surface area (Å²) in [4.78, 5) is 22.7. The Balaban J connectivity index is 1.66. The molecule has 2 aromatic rings. The molecule has 2 aromatic carbocycles. The van der Waals surface area contributed by atoms with Crippen LogP contribution in [0.4, 0.5) is 5.69 Å². The average Bonchev–Trinajstić information content (AvgIpc) is 3.02. The number of rotatable bonds is 5. The lowest BCUT2D eigenvalue weighted by atomic mass is 10.0.